The number of pyridine rings is 1. The van der Waals surface area contributed by atoms with E-state index in [2.05, 4.69) is 4.98 Å². The number of hydrogen-bond donors (Lipinski definition) is 1. The molecule has 0 spiro atoms. The molecule has 15 heavy (non-hydrogen) atoms. The lowest BCUT2D eigenvalue weighted by Gasteiger charge is -2.07. The number of aryl methyl sites for hydroxylation is 1. The summed E-state index contributed by atoms with van der Waals surface area (Å²) in [5.41, 5.74) is 1.87. The van der Waals surface area contributed by atoms with E-state index >= 15 is 0 Å². The van der Waals surface area contributed by atoms with Crippen molar-refractivity contribution in [3.05, 3.63) is 45.9 Å². The van der Waals surface area contributed by atoms with Gasteiger partial charge in [-0.25, -0.2) is 0 Å². The van der Waals surface area contributed by atoms with Crippen molar-refractivity contribution in [3.63, 3.8) is 0 Å². The van der Waals surface area contributed by atoms with E-state index in [0.717, 1.165) is 22.0 Å². The van der Waals surface area contributed by atoms with E-state index in [9.17, 15) is 4.79 Å². The van der Waals surface area contributed by atoms with Crippen molar-refractivity contribution in [3.8, 4) is 0 Å². The molecular formula is C12H13NO2. The Hall–Kier alpha value is -1.61. The molecular weight excluding hydrogens is 190 g/mol. The fourth-order valence-electron chi connectivity index (χ4n) is 1.76. The Morgan fingerprint density at radius 1 is 1.27 bits per heavy atom. The zero-order chi connectivity index (χ0) is 10.8. The number of nitrogens with one attached hydrogen (secondary N) is 1. The van der Waals surface area contributed by atoms with Gasteiger partial charge >= 0.3 is 0 Å². The molecule has 0 fully saturated rings. The molecule has 1 aromatic heterocycles. The molecule has 2 rings (SSSR count). The minimum Gasteiger partial charge on any atom is -0.378 e. The van der Waals surface area contributed by atoms with Crippen LogP contribution in [0.15, 0.2) is 29.1 Å². The molecule has 0 aliphatic heterocycles. The summed E-state index contributed by atoms with van der Waals surface area (Å²) in [7, 11) is 1.62. The quantitative estimate of drug-likeness (QED) is 0.811. The second-order valence-corrected chi connectivity index (χ2v) is 3.54. The summed E-state index contributed by atoms with van der Waals surface area (Å²) in [6.07, 6.45) is 0. The zero-order valence-corrected chi connectivity index (χ0v) is 8.83. The van der Waals surface area contributed by atoms with Gasteiger partial charge in [-0.15, -0.1) is 0 Å². The Morgan fingerprint density at radius 3 is 2.60 bits per heavy atom. The summed E-state index contributed by atoms with van der Waals surface area (Å²) >= 11 is 0. The molecule has 0 atom stereocenters. The highest BCUT2D eigenvalue weighted by molar-refractivity contribution is 5.85. The maximum atomic E-state index is 11.7. The highest BCUT2D eigenvalue weighted by atomic mass is 16.5. The lowest BCUT2D eigenvalue weighted by Crippen LogP contribution is -2.12. The number of fused-ring (bicyclic) bond motifs is 1. The third-order valence-electron chi connectivity index (χ3n) is 2.58. The molecule has 0 saturated heterocycles. The van der Waals surface area contributed by atoms with Gasteiger partial charge in [-0.1, -0.05) is 18.2 Å². The van der Waals surface area contributed by atoms with Crippen LogP contribution >= 0.6 is 0 Å². The minimum atomic E-state index is -0.0525. The van der Waals surface area contributed by atoms with Crippen LogP contribution in [-0.4, -0.2) is 12.1 Å². The third kappa shape index (κ3) is 1.66. The number of aromatic nitrogens is 1. The number of methoxy groups -OCH3 is 1. The molecule has 3 heteroatoms. The average Bonchev–Trinajstić information content (AvgIpc) is 2.26. The van der Waals surface area contributed by atoms with Gasteiger partial charge in [-0.3, -0.25) is 4.79 Å². The minimum absolute atomic E-state index is 0.0525. The molecule has 2 aromatic rings. The van der Waals surface area contributed by atoms with Crippen molar-refractivity contribution in [1.82, 2.24) is 4.98 Å². The first-order chi connectivity index (χ1) is 7.24. The summed E-state index contributed by atoms with van der Waals surface area (Å²) in [5, 5.41) is 1.73. The molecule has 78 valence electrons. The van der Waals surface area contributed by atoms with Crippen LogP contribution in [0.2, 0.25) is 0 Å². The van der Waals surface area contributed by atoms with Crippen molar-refractivity contribution in [2.75, 3.05) is 7.11 Å². The van der Waals surface area contributed by atoms with Crippen LogP contribution in [0.25, 0.3) is 10.8 Å². The van der Waals surface area contributed by atoms with Crippen LogP contribution in [0.3, 0.4) is 0 Å². The summed E-state index contributed by atoms with van der Waals surface area (Å²) < 4.78 is 5.04. The van der Waals surface area contributed by atoms with Gasteiger partial charge in [-0.2, -0.15) is 0 Å². The van der Waals surface area contributed by atoms with E-state index in [1.165, 1.54) is 0 Å². The SMILES string of the molecule is COCc1[nH]c(=O)c2ccccc2c1C. The highest BCUT2D eigenvalue weighted by Gasteiger charge is 2.06. The molecule has 0 saturated carbocycles. The van der Waals surface area contributed by atoms with Crippen LogP contribution in [-0.2, 0) is 11.3 Å². The lowest BCUT2D eigenvalue weighted by molar-refractivity contribution is 0.181. The van der Waals surface area contributed by atoms with Crippen molar-refractivity contribution in [2.45, 2.75) is 13.5 Å². The number of rotatable bonds is 2. The molecule has 0 bridgehead atoms. The average molecular weight is 203 g/mol. The third-order valence-corrected chi connectivity index (χ3v) is 2.58. The topological polar surface area (TPSA) is 42.1 Å². The Bertz CT molecular complexity index is 543. The van der Waals surface area contributed by atoms with Crippen LogP contribution < -0.4 is 5.56 Å². The predicted octanol–water partition coefficient (Wildman–Crippen LogP) is 1.98. The fourth-order valence-corrected chi connectivity index (χ4v) is 1.76. The first-order valence-corrected chi connectivity index (χ1v) is 4.83. The summed E-state index contributed by atoms with van der Waals surface area (Å²) in [5.74, 6) is 0. The number of aromatic amines is 1. The molecule has 1 N–H and O–H groups in total. The fraction of sp³-hybridized carbons (Fsp3) is 0.250. The van der Waals surface area contributed by atoms with Gasteiger partial charge in [0.25, 0.3) is 5.56 Å². The Labute approximate surface area is 87.7 Å². The van der Waals surface area contributed by atoms with Gasteiger partial charge in [0.05, 0.1) is 6.61 Å². The largest absolute Gasteiger partial charge is 0.378 e. The van der Waals surface area contributed by atoms with E-state index < -0.39 is 0 Å². The molecule has 0 amide bonds. The van der Waals surface area contributed by atoms with Gasteiger partial charge in [0, 0.05) is 18.2 Å². The van der Waals surface area contributed by atoms with E-state index in [0.29, 0.717) is 6.61 Å². The standard InChI is InChI=1S/C12H13NO2/c1-8-9-5-3-4-6-10(9)12(14)13-11(8)7-15-2/h3-6H,7H2,1-2H3,(H,13,14). The number of hydrogen-bond acceptors (Lipinski definition) is 2. The molecule has 1 heterocycles. The molecule has 0 radical (unpaired) electrons. The second-order valence-electron chi connectivity index (χ2n) is 3.54. The number of ether oxygens (including phenoxy) is 1. The smallest absolute Gasteiger partial charge is 0.256 e. The second kappa shape index (κ2) is 3.87. The highest BCUT2D eigenvalue weighted by Crippen LogP contribution is 2.16. The van der Waals surface area contributed by atoms with Gasteiger partial charge < -0.3 is 9.72 Å². The zero-order valence-electron chi connectivity index (χ0n) is 8.83. The molecule has 1 aromatic carbocycles. The van der Waals surface area contributed by atoms with Gasteiger partial charge in [0.1, 0.15) is 0 Å². The molecule has 3 nitrogen and oxygen atoms in total. The van der Waals surface area contributed by atoms with Crippen molar-refractivity contribution in [1.29, 1.82) is 0 Å². The van der Waals surface area contributed by atoms with E-state index in [-0.39, 0.29) is 5.56 Å². The van der Waals surface area contributed by atoms with E-state index in [1.54, 1.807) is 7.11 Å². The van der Waals surface area contributed by atoms with Crippen LogP contribution in [0, 0.1) is 6.92 Å². The lowest BCUT2D eigenvalue weighted by atomic mass is 10.1. The predicted molar refractivity (Wildman–Crippen MR) is 60.0 cm³/mol. The molecule has 0 aliphatic rings. The molecule has 0 aliphatic carbocycles. The van der Waals surface area contributed by atoms with Gasteiger partial charge in [-0.05, 0) is 23.9 Å². The van der Waals surface area contributed by atoms with Crippen molar-refractivity contribution < 1.29 is 4.74 Å². The summed E-state index contributed by atoms with van der Waals surface area (Å²) in [6.45, 7) is 2.43. The number of H-pyrrole nitrogens is 1. The Morgan fingerprint density at radius 2 is 1.93 bits per heavy atom. The normalized spacial score (nSPS) is 10.8. The van der Waals surface area contributed by atoms with Crippen molar-refractivity contribution >= 4 is 10.8 Å². The Balaban J connectivity index is 2.79. The van der Waals surface area contributed by atoms with Gasteiger partial charge in [0.15, 0.2) is 0 Å². The van der Waals surface area contributed by atoms with E-state index in [4.69, 9.17) is 4.74 Å². The first-order valence-electron chi connectivity index (χ1n) is 4.83. The maximum Gasteiger partial charge on any atom is 0.256 e. The van der Waals surface area contributed by atoms with E-state index in [1.807, 2.05) is 31.2 Å². The Kier molecular flexibility index (Phi) is 2.56. The van der Waals surface area contributed by atoms with Crippen LogP contribution in [0.4, 0.5) is 0 Å². The summed E-state index contributed by atoms with van der Waals surface area (Å²) in [6, 6.07) is 7.59. The van der Waals surface area contributed by atoms with Crippen molar-refractivity contribution in [2.24, 2.45) is 0 Å². The van der Waals surface area contributed by atoms with Gasteiger partial charge in [0.2, 0.25) is 0 Å². The monoisotopic (exact) mass is 203 g/mol. The maximum absolute atomic E-state index is 11.7. The van der Waals surface area contributed by atoms with Crippen LogP contribution in [0.1, 0.15) is 11.3 Å². The summed E-state index contributed by atoms with van der Waals surface area (Å²) in [4.78, 5) is 14.6. The molecule has 0 unspecified atom stereocenters. The first kappa shape index (κ1) is 9.93. The number of benzene rings is 1. The van der Waals surface area contributed by atoms with Crippen LogP contribution in [0.5, 0.6) is 0 Å².